The highest BCUT2D eigenvalue weighted by Gasteiger charge is 2.27. The summed E-state index contributed by atoms with van der Waals surface area (Å²) in [6.07, 6.45) is -0.313. The van der Waals surface area contributed by atoms with Crippen LogP contribution in [0.25, 0.3) is 44.6 Å². The summed E-state index contributed by atoms with van der Waals surface area (Å²) in [4.78, 5) is 40.9. The monoisotopic (exact) mass is 986 g/mol. The van der Waals surface area contributed by atoms with E-state index in [9.17, 15) is 4.79 Å². The molecule has 2 aliphatic rings. The van der Waals surface area contributed by atoms with Crippen molar-refractivity contribution in [2.45, 2.75) is 20.5 Å². The van der Waals surface area contributed by atoms with Gasteiger partial charge in [0, 0.05) is 85.4 Å². The van der Waals surface area contributed by atoms with Gasteiger partial charge in [0.2, 0.25) is 0 Å². The Balaban J connectivity index is 0.000000169. The molecule has 18 heteroatoms. The number of ether oxygens (including phenoxy) is 1. The minimum Gasteiger partial charge on any atom is -0.445 e. The predicted molar refractivity (Wildman–Crippen MR) is 283 cm³/mol. The van der Waals surface area contributed by atoms with Gasteiger partial charge in [-0.25, -0.2) is 24.7 Å². The van der Waals surface area contributed by atoms with E-state index >= 15 is 0 Å². The third-order valence-corrected chi connectivity index (χ3v) is 13.4. The van der Waals surface area contributed by atoms with Crippen LogP contribution in [-0.2, 0) is 11.3 Å². The highest BCUT2D eigenvalue weighted by atomic mass is 35.5. The van der Waals surface area contributed by atoms with Crippen molar-refractivity contribution in [3.8, 4) is 22.8 Å². The lowest BCUT2D eigenvalue weighted by Gasteiger charge is -2.35. The highest BCUT2D eigenvalue weighted by molar-refractivity contribution is 6.33. The summed E-state index contributed by atoms with van der Waals surface area (Å²) >= 11 is 13.0. The van der Waals surface area contributed by atoms with E-state index in [1.54, 1.807) is 4.90 Å². The summed E-state index contributed by atoms with van der Waals surface area (Å²) in [5.74, 6) is 5.62. The van der Waals surface area contributed by atoms with E-state index in [2.05, 4.69) is 59.7 Å². The number of piperazine rings is 2. The summed E-state index contributed by atoms with van der Waals surface area (Å²) in [6.45, 7) is 10.4. The van der Waals surface area contributed by atoms with Gasteiger partial charge in [0.1, 0.15) is 29.9 Å². The van der Waals surface area contributed by atoms with E-state index in [-0.39, 0.29) is 12.7 Å². The maximum Gasteiger partial charge on any atom is 0.410 e. The number of hydrogen-bond acceptors (Lipinski definition) is 13. The molecule has 2 fully saturated rings. The number of aromatic nitrogens is 8. The largest absolute Gasteiger partial charge is 0.445 e. The number of aromatic amines is 2. The second-order valence-electron chi connectivity index (χ2n) is 17.4. The Kier molecular flexibility index (Phi) is 13.9. The van der Waals surface area contributed by atoms with E-state index in [1.165, 1.54) is 0 Å². The first-order chi connectivity index (χ1) is 34.7. The average molecular weight is 988 g/mol. The Morgan fingerprint density at radius 3 is 1.48 bits per heavy atom. The first kappa shape index (κ1) is 46.9. The Labute approximate surface area is 421 Å². The van der Waals surface area contributed by atoms with Crippen molar-refractivity contribution in [1.29, 1.82) is 0 Å². The van der Waals surface area contributed by atoms with E-state index in [0.717, 1.165) is 99.1 Å². The van der Waals surface area contributed by atoms with Crippen LogP contribution in [0.1, 0.15) is 16.7 Å². The van der Waals surface area contributed by atoms with Crippen LogP contribution in [0.5, 0.6) is 0 Å². The van der Waals surface area contributed by atoms with Crippen LogP contribution in [0.3, 0.4) is 0 Å². The number of nitrogens with zero attached hydrogens (tertiary/aromatic N) is 10. The number of carbonyl (C=O) groups excluding carboxylic acids is 1. The number of anilines is 6. The molecule has 0 spiro atoms. The lowest BCUT2D eigenvalue weighted by Crippen LogP contribution is -2.49. The molecule has 0 unspecified atom stereocenters. The molecule has 4 N–H and O–H groups in total. The zero-order valence-corrected chi connectivity index (χ0v) is 41.0. The molecular formula is C53H52Cl2N14O2. The maximum atomic E-state index is 12.7. The minimum atomic E-state index is -0.313. The Bertz CT molecular complexity index is 3310. The summed E-state index contributed by atoms with van der Waals surface area (Å²) in [6, 6.07) is 40.8. The standard InChI is InChI=1S/C30H28ClN7O2.C23H24ClN7/c1-20-26(33-28-23-12-6-8-14-25(23)35-36-28)32-27(22-11-5-7-13-24(22)31)34-29(20)37-15-17-38(18-16-37)30(39)40-19-21-9-3-2-4-10-21;1-15-20(26-22-17-8-4-6-10-19(17)28-29-22)25-21(16-7-3-5-9-18(16)24)27-23(15)31-13-11-30(2)12-14-31/h2-14H,15-19H2,1H3,(H2,32,33,34,35,36);3-10H,11-14H2,1-2H3,(H2,25,26,27,28,29). The normalized spacial score (nSPS) is 14.1. The topological polar surface area (TPSA) is 172 Å². The van der Waals surface area contributed by atoms with Gasteiger partial charge in [-0.1, -0.05) is 102 Å². The van der Waals surface area contributed by atoms with Crippen LogP contribution >= 0.6 is 23.2 Å². The minimum absolute atomic E-state index is 0.253. The predicted octanol–water partition coefficient (Wildman–Crippen LogP) is 10.7. The number of para-hydroxylation sites is 2. The molecule has 0 radical (unpaired) electrons. The van der Waals surface area contributed by atoms with Crippen LogP contribution in [-0.4, -0.2) is 116 Å². The first-order valence-electron chi connectivity index (χ1n) is 23.5. The number of rotatable bonds is 10. The smallest absolute Gasteiger partial charge is 0.410 e. The molecule has 0 bridgehead atoms. The molecule has 11 rings (SSSR count). The Morgan fingerprint density at radius 1 is 0.549 bits per heavy atom. The third-order valence-electron chi connectivity index (χ3n) is 12.7. The zero-order valence-electron chi connectivity index (χ0n) is 39.5. The second-order valence-corrected chi connectivity index (χ2v) is 18.3. The number of benzene rings is 5. The van der Waals surface area contributed by atoms with Gasteiger partial charge in [-0.15, -0.1) is 0 Å². The first-order valence-corrected chi connectivity index (χ1v) is 24.2. The Morgan fingerprint density at radius 2 is 0.986 bits per heavy atom. The maximum absolute atomic E-state index is 12.7. The molecule has 2 saturated heterocycles. The molecule has 16 nitrogen and oxygen atoms in total. The number of fused-ring (bicyclic) bond motifs is 2. The van der Waals surface area contributed by atoms with Crippen molar-refractivity contribution in [1.82, 2.24) is 50.1 Å². The molecule has 1 amide bonds. The van der Waals surface area contributed by atoms with Crippen LogP contribution in [0.2, 0.25) is 10.0 Å². The van der Waals surface area contributed by atoms with E-state index in [0.29, 0.717) is 59.5 Å². The van der Waals surface area contributed by atoms with Crippen molar-refractivity contribution in [3.05, 3.63) is 154 Å². The number of H-pyrrole nitrogens is 2. The molecular weight excluding hydrogens is 936 g/mol. The molecule has 360 valence electrons. The van der Waals surface area contributed by atoms with Gasteiger partial charge < -0.3 is 35.0 Å². The summed E-state index contributed by atoms with van der Waals surface area (Å²) < 4.78 is 5.54. The van der Waals surface area contributed by atoms with Gasteiger partial charge in [0.25, 0.3) is 0 Å². The second kappa shape index (κ2) is 21.1. The quantitative estimate of drug-likeness (QED) is 0.102. The zero-order chi connectivity index (χ0) is 48.8. The fraction of sp³-hybridized carbons (Fsp3) is 0.226. The fourth-order valence-electron chi connectivity index (χ4n) is 8.67. The summed E-state index contributed by atoms with van der Waals surface area (Å²) in [5, 5.41) is 25.1. The molecule has 4 aromatic heterocycles. The third kappa shape index (κ3) is 10.4. The number of halogens is 2. The fourth-order valence-corrected chi connectivity index (χ4v) is 9.11. The van der Waals surface area contributed by atoms with Crippen LogP contribution in [0, 0.1) is 13.8 Å². The lowest BCUT2D eigenvalue weighted by molar-refractivity contribution is 0.0941. The van der Waals surface area contributed by atoms with Crippen LogP contribution in [0.4, 0.5) is 39.7 Å². The van der Waals surface area contributed by atoms with Crippen LogP contribution < -0.4 is 20.4 Å². The van der Waals surface area contributed by atoms with E-state index < -0.39 is 0 Å². The van der Waals surface area contributed by atoms with Gasteiger partial charge in [-0.05, 0) is 75.0 Å². The van der Waals surface area contributed by atoms with Gasteiger partial charge in [0.15, 0.2) is 23.3 Å². The number of amides is 1. The average Bonchev–Trinajstić information content (AvgIpc) is 4.01. The summed E-state index contributed by atoms with van der Waals surface area (Å²) in [5.41, 5.74) is 6.29. The van der Waals surface area contributed by atoms with Gasteiger partial charge in [-0.3, -0.25) is 10.2 Å². The number of carbonyl (C=O) groups is 1. The number of hydrogen-bond donors (Lipinski definition) is 4. The van der Waals surface area contributed by atoms with Crippen molar-refractivity contribution in [3.63, 3.8) is 0 Å². The molecule has 2 aliphatic heterocycles. The molecule has 71 heavy (non-hydrogen) atoms. The Hall–Kier alpha value is -7.79. The molecule has 5 aromatic carbocycles. The number of likely N-dealkylation sites (N-methyl/N-ethyl adjacent to an activating group) is 1. The molecule has 0 atom stereocenters. The molecule has 6 heterocycles. The van der Waals surface area contributed by atoms with Gasteiger partial charge in [0.05, 0.1) is 21.1 Å². The number of nitrogens with one attached hydrogen (secondary N) is 4. The van der Waals surface area contributed by atoms with Crippen LogP contribution in [0.15, 0.2) is 127 Å². The lowest BCUT2D eigenvalue weighted by atomic mass is 10.2. The van der Waals surface area contributed by atoms with Crippen molar-refractivity contribution in [2.24, 2.45) is 0 Å². The molecule has 9 aromatic rings. The van der Waals surface area contributed by atoms with Crippen molar-refractivity contribution in [2.75, 3.05) is 79.8 Å². The van der Waals surface area contributed by atoms with Gasteiger partial charge in [-0.2, -0.15) is 10.2 Å². The van der Waals surface area contributed by atoms with Crippen molar-refractivity contribution >= 4 is 86.0 Å². The highest BCUT2D eigenvalue weighted by Crippen LogP contribution is 2.36. The molecule has 0 aliphatic carbocycles. The van der Waals surface area contributed by atoms with E-state index in [1.807, 2.05) is 134 Å². The van der Waals surface area contributed by atoms with Crippen molar-refractivity contribution < 1.29 is 9.53 Å². The van der Waals surface area contributed by atoms with E-state index in [4.69, 9.17) is 47.9 Å². The SMILES string of the molecule is Cc1c(Nc2n[nH]c3ccccc23)nc(-c2ccccc2Cl)nc1N1CCN(C(=O)OCc2ccccc2)CC1.Cc1c(Nc2n[nH]c3ccccc23)nc(-c2ccccc2Cl)nc1N1CCN(C)CC1. The summed E-state index contributed by atoms with van der Waals surface area (Å²) in [7, 11) is 2.15. The van der Waals surface area contributed by atoms with Gasteiger partial charge >= 0.3 is 6.09 Å². The molecule has 0 saturated carbocycles.